The van der Waals surface area contributed by atoms with E-state index in [1.807, 2.05) is 25.1 Å². The summed E-state index contributed by atoms with van der Waals surface area (Å²) >= 11 is 0. The fourth-order valence-corrected chi connectivity index (χ4v) is 3.83. The van der Waals surface area contributed by atoms with Gasteiger partial charge < -0.3 is 4.90 Å². The molecule has 0 saturated carbocycles. The molecule has 2 N–H and O–H groups in total. The molecule has 2 aromatic rings. The van der Waals surface area contributed by atoms with Gasteiger partial charge in [-0.05, 0) is 31.9 Å². The lowest BCUT2D eigenvalue weighted by molar-refractivity contribution is 0.464. The van der Waals surface area contributed by atoms with Crippen LogP contribution in [0.2, 0.25) is 0 Å². The van der Waals surface area contributed by atoms with Crippen molar-refractivity contribution in [2.75, 3.05) is 18.0 Å². The number of sulfonamides is 1. The van der Waals surface area contributed by atoms with Crippen molar-refractivity contribution in [3.05, 3.63) is 36.3 Å². The third kappa shape index (κ3) is 3.28. The van der Waals surface area contributed by atoms with Gasteiger partial charge in [-0.3, -0.25) is 5.10 Å². The smallest absolute Gasteiger partial charge is 0.243 e. The number of anilines is 1. The number of H-pyrrole nitrogens is 1. The van der Waals surface area contributed by atoms with Crippen LogP contribution in [0, 0.1) is 6.92 Å². The molecule has 0 unspecified atom stereocenters. The van der Waals surface area contributed by atoms with E-state index < -0.39 is 10.0 Å². The van der Waals surface area contributed by atoms with Crippen molar-refractivity contribution in [1.29, 1.82) is 0 Å². The molecule has 0 aromatic carbocycles. The summed E-state index contributed by atoms with van der Waals surface area (Å²) in [6, 6.07) is 5.75. The van der Waals surface area contributed by atoms with Crippen molar-refractivity contribution < 1.29 is 8.42 Å². The Kier molecular flexibility index (Phi) is 4.12. The second kappa shape index (κ2) is 6.05. The van der Waals surface area contributed by atoms with Crippen LogP contribution in [0.1, 0.15) is 18.5 Å². The zero-order chi connectivity index (χ0) is 15.6. The summed E-state index contributed by atoms with van der Waals surface area (Å²) in [7, 11) is -3.52. The number of pyridine rings is 1. The molecule has 1 aliphatic rings. The minimum absolute atomic E-state index is 0.129. The van der Waals surface area contributed by atoms with Gasteiger partial charge in [0.25, 0.3) is 0 Å². The zero-order valence-corrected chi connectivity index (χ0v) is 13.2. The lowest BCUT2D eigenvalue weighted by Gasteiger charge is -2.33. The maximum absolute atomic E-state index is 12.3. The minimum atomic E-state index is -3.52. The van der Waals surface area contributed by atoms with Gasteiger partial charge in [0.1, 0.15) is 10.7 Å². The quantitative estimate of drug-likeness (QED) is 0.879. The number of hydrogen-bond donors (Lipinski definition) is 2. The first-order chi connectivity index (χ1) is 10.5. The molecule has 3 rings (SSSR count). The summed E-state index contributed by atoms with van der Waals surface area (Å²) in [6.07, 6.45) is 4.43. The highest BCUT2D eigenvalue weighted by Crippen LogP contribution is 2.19. The highest BCUT2D eigenvalue weighted by atomic mass is 32.2. The van der Waals surface area contributed by atoms with Crippen molar-refractivity contribution in [2.45, 2.75) is 30.7 Å². The van der Waals surface area contributed by atoms with Crippen LogP contribution in [-0.2, 0) is 10.0 Å². The van der Waals surface area contributed by atoms with Gasteiger partial charge in [-0.15, -0.1) is 0 Å². The molecular formula is C14H19N5O2S. The van der Waals surface area contributed by atoms with E-state index in [1.54, 1.807) is 0 Å². The average Bonchev–Trinajstić information content (AvgIpc) is 3.02. The van der Waals surface area contributed by atoms with Crippen molar-refractivity contribution in [3.63, 3.8) is 0 Å². The molecule has 1 saturated heterocycles. The van der Waals surface area contributed by atoms with Gasteiger partial charge in [0.15, 0.2) is 0 Å². The monoisotopic (exact) mass is 321 g/mol. The number of hydrogen-bond acceptors (Lipinski definition) is 5. The molecule has 2 aromatic heterocycles. The van der Waals surface area contributed by atoms with E-state index >= 15 is 0 Å². The standard InChI is InChI=1S/C14H19N5O2S/c1-11-4-2-6-14(17-11)19-7-3-5-12(10-19)18-22(20,21)13-8-15-16-9-13/h2,4,6,8-9,12,18H,3,5,7,10H2,1H3,(H,15,16)/t12-/m0/s1. The molecule has 1 fully saturated rings. The van der Waals surface area contributed by atoms with Crippen molar-refractivity contribution in [1.82, 2.24) is 19.9 Å². The molecule has 8 heteroatoms. The topological polar surface area (TPSA) is 91.0 Å². The summed E-state index contributed by atoms with van der Waals surface area (Å²) < 4.78 is 27.3. The molecule has 0 amide bonds. The summed E-state index contributed by atoms with van der Waals surface area (Å²) in [6.45, 7) is 3.46. The summed E-state index contributed by atoms with van der Waals surface area (Å²) in [4.78, 5) is 6.80. The Morgan fingerprint density at radius 1 is 1.41 bits per heavy atom. The predicted molar refractivity (Wildman–Crippen MR) is 83.1 cm³/mol. The number of rotatable bonds is 4. The number of nitrogens with one attached hydrogen (secondary N) is 2. The van der Waals surface area contributed by atoms with Crippen LogP contribution in [0.4, 0.5) is 5.82 Å². The summed E-state index contributed by atoms with van der Waals surface area (Å²) in [5.41, 5.74) is 0.957. The maximum Gasteiger partial charge on any atom is 0.243 e. The van der Waals surface area contributed by atoms with Crippen LogP contribution in [0.3, 0.4) is 0 Å². The van der Waals surface area contributed by atoms with Crippen LogP contribution >= 0.6 is 0 Å². The molecule has 0 spiro atoms. The molecular weight excluding hydrogens is 302 g/mol. The first-order valence-corrected chi connectivity index (χ1v) is 8.73. The van der Waals surface area contributed by atoms with E-state index in [1.165, 1.54) is 12.4 Å². The fourth-order valence-electron chi connectivity index (χ4n) is 2.66. The third-order valence-electron chi connectivity index (χ3n) is 3.72. The molecule has 0 bridgehead atoms. The highest BCUT2D eigenvalue weighted by Gasteiger charge is 2.26. The van der Waals surface area contributed by atoms with Gasteiger partial charge in [0.2, 0.25) is 10.0 Å². The van der Waals surface area contributed by atoms with Gasteiger partial charge in [-0.2, -0.15) is 5.10 Å². The van der Waals surface area contributed by atoms with E-state index in [2.05, 4.69) is 24.8 Å². The lowest BCUT2D eigenvalue weighted by atomic mass is 10.1. The Balaban J connectivity index is 1.71. The first-order valence-electron chi connectivity index (χ1n) is 7.24. The number of aromatic nitrogens is 3. The van der Waals surface area contributed by atoms with Gasteiger partial charge in [0.05, 0.1) is 6.20 Å². The Bertz CT molecular complexity index is 729. The lowest BCUT2D eigenvalue weighted by Crippen LogP contribution is -2.47. The van der Waals surface area contributed by atoms with Crippen LogP contribution in [-0.4, -0.2) is 42.7 Å². The Morgan fingerprint density at radius 3 is 3.00 bits per heavy atom. The number of aryl methyl sites for hydroxylation is 1. The maximum atomic E-state index is 12.3. The van der Waals surface area contributed by atoms with Crippen LogP contribution < -0.4 is 9.62 Å². The molecule has 3 heterocycles. The second-order valence-corrected chi connectivity index (χ2v) is 7.19. The Labute approximate surface area is 129 Å². The Morgan fingerprint density at radius 2 is 2.27 bits per heavy atom. The van der Waals surface area contributed by atoms with E-state index in [-0.39, 0.29) is 10.9 Å². The third-order valence-corrected chi connectivity index (χ3v) is 5.21. The first kappa shape index (κ1) is 15.0. The van der Waals surface area contributed by atoms with Crippen LogP contribution in [0.5, 0.6) is 0 Å². The van der Waals surface area contributed by atoms with E-state index in [0.29, 0.717) is 6.54 Å². The van der Waals surface area contributed by atoms with Gasteiger partial charge in [-0.1, -0.05) is 6.07 Å². The van der Waals surface area contributed by atoms with Crippen molar-refractivity contribution in [3.8, 4) is 0 Å². The predicted octanol–water partition coefficient (Wildman–Crippen LogP) is 1.06. The largest absolute Gasteiger partial charge is 0.355 e. The number of piperidine rings is 1. The molecule has 7 nitrogen and oxygen atoms in total. The van der Waals surface area contributed by atoms with E-state index in [4.69, 9.17) is 0 Å². The van der Waals surface area contributed by atoms with Crippen LogP contribution in [0.25, 0.3) is 0 Å². The molecule has 0 aliphatic carbocycles. The molecule has 118 valence electrons. The van der Waals surface area contributed by atoms with E-state index in [9.17, 15) is 8.42 Å². The van der Waals surface area contributed by atoms with E-state index in [0.717, 1.165) is 30.9 Å². The SMILES string of the molecule is Cc1cccc(N2CCC[C@H](NS(=O)(=O)c3cn[nH]c3)C2)n1. The molecule has 22 heavy (non-hydrogen) atoms. The number of nitrogens with zero attached hydrogens (tertiary/aromatic N) is 3. The van der Waals surface area contributed by atoms with Crippen molar-refractivity contribution >= 4 is 15.8 Å². The van der Waals surface area contributed by atoms with Crippen LogP contribution in [0.15, 0.2) is 35.5 Å². The second-order valence-electron chi connectivity index (χ2n) is 5.48. The fraction of sp³-hybridized carbons (Fsp3) is 0.429. The van der Waals surface area contributed by atoms with Gasteiger partial charge >= 0.3 is 0 Å². The van der Waals surface area contributed by atoms with Gasteiger partial charge in [-0.25, -0.2) is 18.1 Å². The van der Waals surface area contributed by atoms with Gasteiger partial charge in [0, 0.05) is 31.0 Å². The van der Waals surface area contributed by atoms with Crippen molar-refractivity contribution in [2.24, 2.45) is 0 Å². The Hall–Kier alpha value is -1.93. The zero-order valence-electron chi connectivity index (χ0n) is 12.4. The highest BCUT2D eigenvalue weighted by molar-refractivity contribution is 7.89. The number of aromatic amines is 1. The molecule has 0 radical (unpaired) electrons. The molecule has 1 atom stereocenters. The summed E-state index contributed by atoms with van der Waals surface area (Å²) in [5, 5.41) is 6.21. The molecule has 1 aliphatic heterocycles. The average molecular weight is 321 g/mol. The summed E-state index contributed by atoms with van der Waals surface area (Å²) in [5.74, 6) is 0.896. The normalized spacial score (nSPS) is 19.3. The minimum Gasteiger partial charge on any atom is -0.355 e.